The lowest BCUT2D eigenvalue weighted by Gasteiger charge is -2.23. The molecular formula is C20H24ClN3O3. The van der Waals surface area contributed by atoms with E-state index in [0.717, 1.165) is 26.1 Å². The third-order valence-corrected chi connectivity index (χ3v) is 5.12. The number of aromatic nitrogens is 1. The maximum Gasteiger partial charge on any atom is 0.255 e. The Labute approximate surface area is 164 Å². The van der Waals surface area contributed by atoms with E-state index in [-0.39, 0.29) is 5.91 Å². The van der Waals surface area contributed by atoms with Gasteiger partial charge in [-0.2, -0.15) is 0 Å². The predicted octanol–water partition coefficient (Wildman–Crippen LogP) is 3.10. The molecular weight excluding hydrogens is 366 g/mol. The number of methoxy groups -OCH3 is 2. The van der Waals surface area contributed by atoms with Gasteiger partial charge in [-0.05, 0) is 36.2 Å². The number of amides is 1. The molecule has 0 spiro atoms. The number of nitrogens with zero attached hydrogens (tertiary/aromatic N) is 3. The lowest BCUT2D eigenvalue weighted by atomic mass is 10.1. The van der Waals surface area contributed by atoms with E-state index in [1.54, 1.807) is 19.2 Å². The first-order valence-corrected chi connectivity index (χ1v) is 9.33. The van der Waals surface area contributed by atoms with Crippen LogP contribution in [0, 0.1) is 0 Å². The second-order valence-electron chi connectivity index (χ2n) is 6.44. The molecule has 1 aliphatic heterocycles. The zero-order valence-electron chi connectivity index (χ0n) is 15.7. The Kier molecular flexibility index (Phi) is 6.53. The van der Waals surface area contributed by atoms with Crippen LogP contribution < -0.4 is 9.47 Å². The third-order valence-electron chi connectivity index (χ3n) is 4.75. The van der Waals surface area contributed by atoms with Gasteiger partial charge in [0.25, 0.3) is 5.91 Å². The van der Waals surface area contributed by atoms with E-state index in [0.29, 0.717) is 35.2 Å². The highest BCUT2D eigenvalue weighted by Crippen LogP contribution is 2.37. The topological polar surface area (TPSA) is 54.9 Å². The van der Waals surface area contributed by atoms with Crippen molar-refractivity contribution in [2.45, 2.75) is 13.0 Å². The minimum Gasteiger partial charge on any atom is -0.493 e. The van der Waals surface area contributed by atoms with Crippen LogP contribution in [0.2, 0.25) is 5.02 Å². The summed E-state index contributed by atoms with van der Waals surface area (Å²) in [4.78, 5) is 21.3. The zero-order chi connectivity index (χ0) is 19.2. The Balaban J connectivity index is 1.69. The zero-order valence-corrected chi connectivity index (χ0v) is 16.4. The number of carbonyl (C=O) groups excluding carboxylic acids is 1. The molecule has 0 atom stereocenters. The van der Waals surface area contributed by atoms with Gasteiger partial charge in [0.05, 0.1) is 24.8 Å². The van der Waals surface area contributed by atoms with Crippen molar-refractivity contribution in [3.05, 3.63) is 52.8 Å². The normalized spacial score (nSPS) is 15.3. The van der Waals surface area contributed by atoms with Gasteiger partial charge in [-0.3, -0.25) is 14.7 Å². The maximum atomic E-state index is 13.0. The maximum absolute atomic E-state index is 13.0. The summed E-state index contributed by atoms with van der Waals surface area (Å²) < 4.78 is 10.6. The summed E-state index contributed by atoms with van der Waals surface area (Å²) in [6, 6.07) is 7.46. The lowest BCUT2D eigenvalue weighted by Crippen LogP contribution is -2.35. The van der Waals surface area contributed by atoms with E-state index < -0.39 is 0 Å². The van der Waals surface area contributed by atoms with Crippen LogP contribution in [-0.2, 0) is 6.54 Å². The molecule has 1 fully saturated rings. The van der Waals surface area contributed by atoms with Gasteiger partial charge < -0.3 is 14.4 Å². The Morgan fingerprint density at radius 1 is 1.07 bits per heavy atom. The van der Waals surface area contributed by atoms with Crippen molar-refractivity contribution in [1.82, 2.24) is 14.8 Å². The molecule has 0 aliphatic carbocycles. The van der Waals surface area contributed by atoms with Crippen LogP contribution in [0.4, 0.5) is 0 Å². The fourth-order valence-electron chi connectivity index (χ4n) is 3.30. The first-order chi connectivity index (χ1) is 13.1. The van der Waals surface area contributed by atoms with Crippen molar-refractivity contribution in [3.8, 4) is 11.5 Å². The predicted molar refractivity (Wildman–Crippen MR) is 105 cm³/mol. The Bertz CT molecular complexity index is 786. The molecule has 2 heterocycles. The Morgan fingerprint density at radius 2 is 1.85 bits per heavy atom. The summed E-state index contributed by atoms with van der Waals surface area (Å²) in [5.74, 6) is 0.823. The number of carbonyl (C=O) groups is 1. The van der Waals surface area contributed by atoms with Crippen LogP contribution >= 0.6 is 11.6 Å². The molecule has 3 rings (SSSR count). The highest BCUT2D eigenvalue weighted by molar-refractivity contribution is 6.35. The van der Waals surface area contributed by atoms with Gasteiger partial charge >= 0.3 is 0 Å². The standard InChI is InChI=1S/C20H24ClN3O3/c1-26-17-5-4-16(18(21)19(17)27-2)20(25)24-11-3-10-23(12-13-24)14-15-6-8-22-9-7-15/h4-9H,3,10-14H2,1-2H3. The van der Waals surface area contributed by atoms with Crippen LogP contribution in [0.5, 0.6) is 11.5 Å². The smallest absolute Gasteiger partial charge is 0.255 e. The largest absolute Gasteiger partial charge is 0.493 e. The fourth-order valence-corrected chi connectivity index (χ4v) is 3.62. The van der Waals surface area contributed by atoms with Crippen LogP contribution in [0.1, 0.15) is 22.3 Å². The van der Waals surface area contributed by atoms with E-state index in [4.69, 9.17) is 21.1 Å². The summed E-state index contributed by atoms with van der Waals surface area (Å²) >= 11 is 6.41. The average molecular weight is 390 g/mol. The molecule has 1 aromatic heterocycles. The number of rotatable bonds is 5. The molecule has 6 nitrogen and oxygen atoms in total. The summed E-state index contributed by atoms with van der Waals surface area (Å²) in [6.07, 6.45) is 4.53. The van der Waals surface area contributed by atoms with Crippen molar-refractivity contribution in [2.24, 2.45) is 0 Å². The molecule has 7 heteroatoms. The average Bonchev–Trinajstić information content (AvgIpc) is 2.93. The van der Waals surface area contributed by atoms with Crippen LogP contribution in [0.3, 0.4) is 0 Å². The van der Waals surface area contributed by atoms with Crippen molar-refractivity contribution in [3.63, 3.8) is 0 Å². The molecule has 0 bridgehead atoms. The molecule has 0 saturated carbocycles. The second-order valence-corrected chi connectivity index (χ2v) is 6.82. The first kappa shape index (κ1) is 19.5. The lowest BCUT2D eigenvalue weighted by molar-refractivity contribution is 0.0761. The number of hydrogen-bond acceptors (Lipinski definition) is 5. The number of ether oxygens (including phenoxy) is 2. The molecule has 1 saturated heterocycles. The van der Waals surface area contributed by atoms with Gasteiger partial charge in [0.1, 0.15) is 0 Å². The summed E-state index contributed by atoms with van der Waals surface area (Å²) in [6.45, 7) is 4.00. The molecule has 27 heavy (non-hydrogen) atoms. The molecule has 0 N–H and O–H groups in total. The molecule has 2 aromatic rings. The van der Waals surface area contributed by atoms with Crippen molar-refractivity contribution < 1.29 is 14.3 Å². The van der Waals surface area contributed by atoms with E-state index in [9.17, 15) is 4.79 Å². The van der Waals surface area contributed by atoms with Gasteiger partial charge in [-0.25, -0.2) is 0 Å². The minimum absolute atomic E-state index is 0.0771. The minimum atomic E-state index is -0.0771. The number of halogens is 1. The fraction of sp³-hybridized carbons (Fsp3) is 0.400. The van der Waals surface area contributed by atoms with Crippen LogP contribution in [-0.4, -0.2) is 61.1 Å². The van der Waals surface area contributed by atoms with Gasteiger partial charge in [0.2, 0.25) is 0 Å². The molecule has 1 amide bonds. The van der Waals surface area contributed by atoms with Crippen LogP contribution in [0.15, 0.2) is 36.7 Å². The number of pyridine rings is 1. The highest BCUT2D eigenvalue weighted by Gasteiger charge is 2.24. The molecule has 0 radical (unpaired) electrons. The van der Waals surface area contributed by atoms with E-state index in [1.807, 2.05) is 29.4 Å². The van der Waals surface area contributed by atoms with Crippen molar-refractivity contribution in [2.75, 3.05) is 40.4 Å². The summed E-state index contributed by atoms with van der Waals surface area (Å²) in [5, 5.41) is 0.291. The molecule has 1 aliphatic rings. The monoisotopic (exact) mass is 389 g/mol. The summed E-state index contributed by atoms with van der Waals surface area (Å²) in [7, 11) is 3.06. The third kappa shape index (κ3) is 4.51. The molecule has 144 valence electrons. The van der Waals surface area contributed by atoms with E-state index in [2.05, 4.69) is 9.88 Å². The van der Waals surface area contributed by atoms with Gasteiger partial charge in [0.15, 0.2) is 11.5 Å². The van der Waals surface area contributed by atoms with Gasteiger partial charge in [0, 0.05) is 45.1 Å². The molecule has 1 aromatic carbocycles. The SMILES string of the molecule is COc1ccc(C(=O)N2CCCN(Cc3ccncc3)CC2)c(Cl)c1OC. The highest BCUT2D eigenvalue weighted by atomic mass is 35.5. The first-order valence-electron chi connectivity index (χ1n) is 8.95. The van der Waals surface area contributed by atoms with Gasteiger partial charge in [-0.1, -0.05) is 11.6 Å². The quantitative estimate of drug-likeness (QED) is 0.786. The van der Waals surface area contributed by atoms with Crippen molar-refractivity contribution in [1.29, 1.82) is 0 Å². The summed E-state index contributed by atoms with van der Waals surface area (Å²) in [5.41, 5.74) is 1.67. The van der Waals surface area contributed by atoms with Gasteiger partial charge in [-0.15, -0.1) is 0 Å². The van der Waals surface area contributed by atoms with Crippen molar-refractivity contribution >= 4 is 17.5 Å². The second kappa shape index (κ2) is 9.06. The molecule has 0 unspecified atom stereocenters. The van der Waals surface area contributed by atoms with E-state index >= 15 is 0 Å². The number of benzene rings is 1. The van der Waals surface area contributed by atoms with Crippen LogP contribution in [0.25, 0.3) is 0 Å². The Hall–Kier alpha value is -2.31. The number of hydrogen-bond donors (Lipinski definition) is 0. The van der Waals surface area contributed by atoms with E-state index in [1.165, 1.54) is 12.7 Å². The Morgan fingerprint density at radius 3 is 2.56 bits per heavy atom.